The number of sulfonamides is 1. The predicted molar refractivity (Wildman–Crippen MR) is 106 cm³/mol. The first-order valence-corrected chi connectivity index (χ1v) is 10.0. The quantitative estimate of drug-likeness (QED) is 0.624. The summed E-state index contributed by atoms with van der Waals surface area (Å²) in [7, 11) is -3.78. The molecule has 0 aliphatic rings. The molecule has 0 spiro atoms. The minimum atomic E-state index is -3.78. The molecule has 2 aromatic carbocycles. The van der Waals surface area contributed by atoms with Crippen LogP contribution in [0.4, 0.5) is 5.82 Å². The van der Waals surface area contributed by atoms with Crippen molar-refractivity contribution in [3.8, 4) is 11.1 Å². The Morgan fingerprint density at radius 1 is 1.00 bits per heavy atom. The Balaban J connectivity index is 1.90. The van der Waals surface area contributed by atoms with Crippen LogP contribution in [0.5, 0.6) is 0 Å². The lowest BCUT2D eigenvalue weighted by molar-refractivity contribution is 0.600. The van der Waals surface area contributed by atoms with E-state index in [0.29, 0.717) is 15.6 Å². The molecule has 1 heterocycles. The summed E-state index contributed by atoms with van der Waals surface area (Å²) in [5.41, 5.74) is 3.35. The monoisotopic (exact) mass is 406 g/mol. The van der Waals surface area contributed by atoms with Crippen molar-refractivity contribution in [2.24, 2.45) is 0 Å². The summed E-state index contributed by atoms with van der Waals surface area (Å²) in [6.07, 6.45) is 1.61. The van der Waals surface area contributed by atoms with Gasteiger partial charge in [0.25, 0.3) is 10.0 Å². The first-order chi connectivity index (χ1) is 12.3. The van der Waals surface area contributed by atoms with E-state index in [1.54, 1.807) is 37.4 Å². The zero-order valence-corrected chi connectivity index (χ0v) is 16.5. The van der Waals surface area contributed by atoms with Gasteiger partial charge in [-0.2, -0.15) is 0 Å². The lowest BCUT2D eigenvalue weighted by atomic mass is 10.0. The van der Waals surface area contributed by atoms with Crippen molar-refractivity contribution in [3.63, 3.8) is 0 Å². The summed E-state index contributed by atoms with van der Waals surface area (Å²) >= 11 is 12.1. The molecule has 7 heteroatoms. The van der Waals surface area contributed by atoms with Gasteiger partial charge < -0.3 is 0 Å². The van der Waals surface area contributed by atoms with E-state index in [0.717, 1.165) is 16.7 Å². The summed E-state index contributed by atoms with van der Waals surface area (Å²) in [6.45, 7) is 3.64. The van der Waals surface area contributed by atoms with Crippen molar-refractivity contribution in [2.45, 2.75) is 18.7 Å². The summed E-state index contributed by atoms with van der Waals surface area (Å²) < 4.78 is 27.7. The normalized spacial score (nSPS) is 11.4. The smallest absolute Gasteiger partial charge is 0.263 e. The van der Waals surface area contributed by atoms with E-state index in [1.807, 2.05) is 25.1 Å². The molecule has 0 saturated heterocycles. The molecule has 134 valence electrons. The molecular weight excluding hydrogens is 391 g/mol. The van der Waals surface area contributed by atoms with Crippen LogP contribution in [-0.4, -0.2) is 13.4 Å². The Morgan fingerprint density at radius 2 is 1.77 bits per heavy atom. The summed E-state index contributed by atoms with van der Waals surface area (Å²) in [5.74, 6) is 0.229. The van der Waals surface area contributed by atoms with Gasteiger partial charge in [0.05, 0.1) is 4.90 Å². The topological polar surface area (TPSA) is 59.1 Å². The molecule has 1 aromatic heterocycles. The number of rotatable bonds is 4. The molecule has 0 aliphatic heterocycles. The third-order valence-corrected chi connectivity index (χ3v) is 6.16. The zero-order chi connectivity index (χ0) is 18.9. The number of hydrogen-bond acceptors (Lipinski definition) is 3. The van der Waals surface area contributed by atoms with Gasteiger partial charge in [-0.05, 0) is 66.9 Å². The summed E-state index contributed by atoms with van der Waals surface area (Å²) in [4.78, 5) is 4.35. The molecular formula is C19H16Cl2N2O2S. The second-order valence-corrected chi connectivity index (χ2v) is 8.35. The Labute approximate surface area is 162 Å². The molecule has 0 amide bonds. The van der Waals surface area contributed by atoms with Gasteiger partial charge in [-0.1, -0.05) is 35.3 Å². The highest BCUT2D eigenvalue weighted by Gasteiger charge is 2.18. The Kier molecular flexibility index (Phi) is 5.23. The van der Waals surface area contributed by atoms with Crippen LogP contribution in [0.15, 0.2) is 59.6 Å². The van der Waals surface area contributed by atoms with Crippen molar-refractivity contribution in [1.82, 2.24) is 4.98 Å². The molecule has 3 rings (SSSR count). The van der Waals surface area contributed by atoms with Gasteiger partial charge in [0.2, 0.25) is 0 Å². The molecule has 0 aliphatic carbocycles. The van der Waals surface area contributed by atoms with E-state index in [2.05, 4.69) is 9.71 Å². The van der Waals surface area contributed by atoms with E-state index in [4.69, 9.17) is 23.2 Å². The zero-order valence-electron chi connectivity index (χ0n) is 14.1. The number of hydrogen-bond donors (Lipinski definition) is 1. The highest BCUT2D eigenvalue weighted by Crippen LogP contribution is 2.28. The van der Waals surface area contributed by atoms with Gasteiger partial charge in [-0.3, -0.25) is 4.72 Å². The first kappa shape index (κ1) is 18.7. The molecule has 1 N–H and O–H groups in total. The van der Waals surface area contributed by atoms with Crippen molar-refractivity contribution in [3.05, 3.63) is 75.9 Å². The Morgan fingerprint density at radius 3 is 2.46 bits per heavy atom. The van der Waals surface area contributed by atoms with Crippen LogP contribution in [-0.2, 0) is 10.0 Å². The van der Waals surface area contributed by atoms with Crippen molar-refractivity contribution in [1.29, 1.82) is 0 Å². The van der Waals surface area contributed by atoms with Gasteiger partial charge in [-0.15, -0.1) is 0 Å². The number of nitrogens with one attached hydrogen (secondary N) is 1. The van der Waals surface area contributed by atoms with Gasteiger partial charge in [0, 0.05) is 21.8 Å². The van der Waals surface area contributed by atoms with Gasteiger partial charge >= 0.3 is 0 Å². The molecule has 0 atom stereocenters. The molecule has 0 fully saturated rings. The van der Waals surface area contributed by atoms with E-state index < -0.39 is 10.0 Å². The minimum Gasteiger partial charge on any atom is -0.263 e. The van der Waals surface area contributed by atoms with Gasteiger partial charge in [0.1, 0.15) is 5.82 Å². The first-order valence-electron chi connectivity index (χ1n) is 7.78. The second-order valence-electron chi connectivity index (χ2n) is 5.86. The maximum Gasteiger partial charge on any atom is 0.263 e. The van der Waals surface area contributed by atoms with Crippen LogP contribution < -0.4 is 4.72 Å². The van der Waals surface area contributed by atoms with E-state index in [1.165, 1.54) is 6.07 Å². The lowest BCUT2D eigenvalue weighted by Crippen LogP contribution is -2.15. The molecule has 0 saturated carbocycles. The largest absolute Gasteiger partial charge is 0.263 e. The van der Waals surface area contributed by atoms with E-state index >= 15 is 0 Å². The molecule has 4 nitrogen and oxygen atoms in total. The van der Waals surface area contributed by atoms with E-state index in [9.17, 15) is 8.42 Å². The molecule has 3 aromatic rings. The van der Waals surface area contributed by atoms with Crippen LogP contribution in [0.2, 0.25) is 10.0 Å². The SMILES string of the molecule is Cc1ccc(Cl)cc1-c1ccc(NS(=O)(=O)c2cccc(Cl)c2C)nc1. The third-order valence-electron chi connectivity index (χ3n) is 4.02. The fraction of sp³-hybridized carbons (Fsp3) is 0.105. The Hall–Kier alpha value is -2.08. The average molecular weight is 407 g/mol. The van der Waals surface area contributed by atoms with Gasteiger partial charge in [-0.25, -0.2) is 13.4 Å². The van der Waals surface area contributed by atoms with Crippen molar-refractivity contribution >= 4 is 39.0 Å². The predicted octanol–water partition coefficient (Wildman–Crippen LogP) is 5.47. The van der Waals surface area contributed by atoms with E-state index in [-0.39, 0.29) is 10.7 Å². The fourth-order valence-corrected chi connectivity index (χ4v) is 4.27. The summed E-state index contributed by atoms with van der Waals surface area (Å²) in [5, 5.41) is 1.03. The van der Waals surface area contributed by atoms with Crippen molar-refractivity contribution < 1.29 is 8.42 Å². The lowest BCUT2D eigenvalue weighted by Gasteiger charge is -2.11. The Bertz CT molecular complexity index is 1070. The number of pyridine rings is 1. The number of anilines is 1. The van der Waals surface area contributed by atoms with Crippen LogP contribution in [0.3, 0.4) is 0 Å². The molecule has 0 unspecified atom stereocenters. The molecule has 0 bridgehead atoms. The number of aryl methyl sites for hydroxylation is 1. The number of benzene rings is 2. The van der Waals surface area contributed by atoms with Crippen LogP contribution in [0.25, 0.3) is 11.1 Å². The van der Waals surface area contributed by atoms with Crippen LogP contribution in [0.1, 0.15) is 11.1 Å². The fourth-order valence-electron chi connectivity index (χ4n) is 2.59. The standard InChI is InChI=1S/C19H16Cl2N2O2S/c1-12-6-8-15(20)10-16(12)14-7-9-19(22-11-14)23-26(24,25)18-5-3-4-17(21)13(18)2/h3-11H,1-2H3,(H,22,23). The van der Waals surface area contributed by atoms with Gasteiger partial charge in [0.15, 0.2) is 0 Å². The molecule has 26 heavy (non-hydrogen) atoms. The third kappa shape index (κ3) is 3.85. The average Bonchev–Trinajstić information content (AvgIpc) is 2.60. The highest BCUT2D eigenvalue weighted by atomic mass is 35.5. The maximum atomic E-state index is 12.6. The van der Waals surface area contributed by atoms with Crippen molar-refractivity contribution in [2.75, 3.05) is 4.72 Å². The maximum absolute atomic E-state index is 12.6. The van der Waals surface area contributed by atoms with Crippen LogP contribution in [0, 0.1) is 13.8 Å². The number of nitrogens with zero attached hydrogens (tertiary/aromatic N) is 1. The number of halogens is 2. The highest BCUT2D eigenvalue weighted by molar-refractivity contribution is 7.92. The van der Waals surface area contributed by atoms with Crippen LogP contribution >= 0.6 is 23.2 Å². The minimum absolute atomic E-state index is 0.126. The summed E-state index contributed by atoms with van der Waals surface area (Å²) in [6, 6.07) is 13.8. The number of aromatic nitrogens is 1. The molecule has 0 radical (unpaired) electrons. The second kappa shape index (κ2) is 7.27.